The van der Waals surface area contributed by atoms with Gasteiger partial charge in [0.25, 0.3) is 0 Å². The van der Waals surface area contributed by atoms with Crippen LogP contribution in [0.4, 0.5) is 0 Å². The second-order valence-corrected chi connectivity index (χ2v) is 4.24. The number of amidine groups is 1. The van der Waals surface area contributed by atoms with Crippen molar-refractivity contribution in [2.24, 2.45) is 10.9 Å². The number of nitrogens with two attached hydrogens (primary N) is 1. The fraction of sp³-hybridized carbons (Fsp3) is 0.364. The number of rotatable bonds is 6. The maximum absolute atomic E-state index is 8.56. The van der Waals surface area contributed by atoms with Crippen LogP contribution in [0.5, 0.6) is 0 Å². The number of hydrogen-bond acceptors (Lipinski definition) is 3. The van der Waals surface area contributed by atoms with E-state index in [4.69, 9.17) is 38.9 Å². The predicted octanol–water partition coefficient (Wildman–Crippen LogP) is 2.21. The van der Waals surface area contributed by atoms with Crippen LogP contribution >= 0.6 is 23.2 Å². The molecule has 0 aromatic heterocycles. The molecule has 3 N–H and O–H groups in total. The zero-order chi connectivity index (χ0) is 12.7. The summed E-state index contributed by atoms with van der Waals surface area (Å²) in [6.45, 7) is 0.133. The molecule has 0 unspecified atom stereocenters. The first-order valence-electron chi connectivity index (χ1n) is 5.12. The minimum Gasteiger partial charge on any atom is -0.394 e. The highest BCUT2D eigenvalue weighted by molar-refractivity contribution is 6.42. The van der Waals surface area contributed by atoms with Crippen LogP contribution in [0.15, 0.2) is 23.4 Å². The van der Waals surface area contributed by atoms with Crippen molar-refractivity contribution in [3.63, 3.8) is 0 Å². The summed E-state index contributed by atoms with van der Waals surface area (Å²) in [4.78, 5) is 4.91. The molecule has 0 saturated heterocycles. The third-order valence-corrected chi connectivity index (χ3v) is 2.77. The van der Waals surface area contributed by atoms with Crippen molar-refractivity contribution in [2.45, 2.75) is 12.8 Å². The summed E-state index contributed by atoms with van der Waals surface area (Å²) in [5.41, 5.74) is 6.33. The summed E-state index contributed by atoms with van der Waals surface area (Å²) in [5, 5.41) is 13.2. The molecule has 0 bridgehead atoms. The van der Waals surface area contributed by atoms with E-state index >= 15 is 0 Å². The van der Waals surface area contributed by atoms with E-state index in [9.17, 15) is 0 Å². The molecule has 0 aliphatic carbocycles. The summed E-state index contributed by atoms with van der Waals surface area (Å²) in [5.74, 6) is 0.0690. The lowest BCUT2D eigenvalue weighted by atomic mass is 10.1. The Bertz CT molecular complexity index is 397. The van der Waals surface area contributed by atoms with Gasteiger partial charge in [0.15, 0.2) is 5.84 Å². The van der Waals surface area contributed by atoms with Gasteiger partial charge in [-0.25, -0.2) is 0 Å². The van der Waals surface area contributed by atoms with Gasteiger partial charge < -0.3 is 15.7 Å². The second kappa shape index (κ2) is 7.37. The second-order valence-electron chi connectivity index (χ2n) is 3.43. The fourth-order valence-corrected chi connectivity index (χ4v) is 1.51. The Hall–Kier alpha value is -0.970. The number of nitrogens with zero attached hydrogens (tertiary/aromatic N) is 1. The molecule has 0 fully saturated rings. The van der Waals surface area contributed by atoms with Gasteiger partial charge in [-0.3, -0.25) is 0 Å². The van der Waals surface area contributed by atoms with Crippen LogP contribution in [0.1, 0.15) is 12.0 Å². The molecular formula is C11H14Cl2N2O2. The molecule has 0 radical (unpaired) electrons. The van der Waals surface area contributed by atoms with Crippen LogP contribution in [-0.4, -0.2) is 24.2 Å². The van der Waals surface area contributed by atoms with E-state index in [-0.39, 0.29) is 12.4 Å². The SMILES string of the molecule is N/C(CO)=N\OCCCc1ccc(Cl)c(Cl)c1. The van der Waals surface area contributed by atoms with E-state index in [1.54, 1.807) is 6.07 Å². The van der Waals surface area contributed by atoms with Crippen molar-refractivity contribution in [1.82, 2.24) is 0 Å². The molecule has 0 amide bonds. The van der Waals surface area contributed by atoms with Gasteiger partial charge in [-0.2, -0.15) is 0 Å². The molecule has 94 valence electrons. The van der Waals surface area contributed by atoms with Crippen molar-refractivity contribution in [3.05, 3.63) is 33.8 Å². The number of aliphatic hydroxyl groups excluding tert-OH is 1. The number of oxime groups is 1. The number of aliphatic hydroxyl groups is 1. The van der Waals surface area contributed by atoms with Crippen LogP contribution in [-0.2, 0) is 11.3 Å². The molecule has 17 heavy (non-hydrogen) atoms. The standard InChI is InChI=1S/C11H14Cl2N2O2/c12-9-4-3-8(6-10(9)13)2-1-5-17-15-11(14)7-16/h3-4,6,16H,1-2,5,7H2,(H2,14,15). The highest BCUT2D eigenvalue weighted by atomic mass is 35.5. The van der Waals surface area contributed by atoms with Crippen LogP contribution in [0, 0.1) is 0 Å². The van der Waals surface area contributed by atoms with Crippen molar-refractivity contribution in [3.8, 4) is 0 Å². The lowest BCUT2D eigenvalue weighted by Crippen LogP contribution is -2.16. The Kier molecular flexibility index (Phi) is 6.11. The molecule has 0 aliphatic rings. The van der Waals surface area contributed by atoms with Crippen LogP contribution in [0.3, 0.4) is 0 Å². The van der Waals surface area contributed by atoms with Crippen LogP contribution in [0.25, 0.3) is 0 Å². The average Bonchev–Trinajstić information content (AvgIpc) is 2.33. The molecule has 4 nitrogen and oxygen atoms in total. The summed E-state index contributed by atoms with van der Waals surface area (Å²) < 4.78 is 0. The smallest absolute Gasteiger partial charge is 0.165 e. The zero-order valence-electron chi connectivity index (χ0n) is 9.20. The molecular weight excluding hydrogens is 263 g/mol. The molecule has 0 spiro atoms. The van der Waals surface area contributed by atoms with E-state index < -0.39 is 0 Å². The van der Waals surface area contributed by atoms with Crippen LogP contribution < -0.4 is 5.73 Å². The van der Waals surface area contributed by atoms with E-state index in [0.717, 1.165) is 18.4 Å². The largest absolute Gasteiger partial charge is 0.394 e. The Labute approximate surface area is 110 Å². The molecule has 0 aliphatic heterocycles. The minimum absolute atomic E-state index is 0.0690. The van der Waals surface area contributed by atoms with Crippen molar-refractivity contribution >= 4 is 29.0 Å². The predicted molar refractivity (Wildman–Crippen MR) is 69.4 cm³/mol. The van der Waals surface area contributed by atoms with E-state index in [1.807, 2.05) is 12.1 Å². The zero-order valence-corrected chi connectivity index (χ0v) is 10.7. The van der Waals surface area contributed by atoms with Gasteiger partial charge in [0.2, 0.25) is 0 Å². The van der Waals surface area contributed by atoms with Crippen molar-refractivity contribution in [1.29, 1.82) is 0 Å². The van der Waals surface area contributed by atoms with Gasteiger partial charge in [-0.05, 0) is 30.5 Å². The third kappa shape index (κ3) is 5.26. The quantitative estimate of drug-likeness (QED) is 0.362. The summed E-state index contributed by atoms with van der Waals surface area (Å²) in [6, 6.07) is 5.51. The molecule has 0 atom stereocenters. The monoisotopic (exact) mass is 276 g/mol. The number of benzene rings is 1. The molecule has 0 saturated carbocycles. The summed E-state index contributed by atoms with van der Waals surface area (Å²) >= 11 is 11.7. The first kappa shape index (κ1) is 14.1. The molecule has 1 aromatic carbocycles. The van der Waals surface area contributed by atoms with Gasteiger partial charge >= 0.3 is 0 Å². The maximum atomic E-state index is 8.56. The Morgan fingerprint density at radius 3 is 2.76 bits per heavy atom. The first-order valence-corrected chi connectivity index (χ1v) is 5.88. The average molecular weight is 277 g/mol. The molecule has 0 heterocycles. The lowest BCUT2D eigenvalue weighted by Gasteiger charge is -2.03. The van der Waals surface area contributed by atoms with Gasteiger partial charge in [0.05, 0.1) is 10.0 Å². The number of hydrogen-bond donors (Lipinski definition) is 2. The number of aryl methyl sites for hydroxylation is 1. The van der Waals surface area contributed by atoms with Crippen LogP contribution in [0.2, 0.25) is 10.0 Å². The van der Waals surface area contributed by atoms with Crippen molar-refractivity contribution in [2.75, 3.05) is 13.2 Å². The van der Waals surface area contributed by atoms with Gasteiger partial charge in [-0.1, -0.05) is 34.4 Å². The maximum Gasteiger partial charge on any atom is 0.165 e. The first-order chi connectivity index (χ1) is 8.13. The lowest BCUT2D eigenvalue weighted by molar-refractivity contribution is 0.139. The summed E-state index contributed by atoms with van der Waals surface area (Å²) in [7, 11) is 0. The molecule has 6 heteroatoms. The number of halogens is 2. The van der Waals surface area contributed by atoms with Gasteiger partial charge in [-0.15, -0.1) is 0 Å². The van der Waals surface area contributed by atoms with E-state index in [0.29, 0.717) is 16.7 Å². The molecule has 1 rings (SSSR count). The van der Waals surface area contributed by atoms with Gasteiger partial charge in [0, 0.05) is 0 Å². The van der Waals surface area contributed by atoms with Crippen molar-refractivity contribution < 1.29 is 9.94 Å². The third-order valence-electron chi connectivity index (χ3n) is 2.03. The molecule has 1 aromatic rings. The highest BCUT2D eigenvalue weighted by Gasteiger charge is 1.99. The van der Waals surface area contributed by atoms with Gasteiger partial charge in [0.1, 0.15) is 13.2 Å². The normalized spacial score (nSPS) is 11.6. The fourth-order valence-electron chi connectivity index (χ4n) is 1.19. The topological polar surface area (TPSA) is 67.8 Å². The Morgan fingerprint density at radius 1 is 1.35 bits per heavy atom. The summed E-state index contributed by atoms with van der Waals surface area (Å²) in [6.07, 6.45) is 1.59. The Morgan fingerprint density at radius 2 is 2.12 bits per heavy atom. The highest BCUT2D eigenvalue weighted by Crippen LogP contribution is 2.23. The van der Waals surface area contributed by atoms with E-state index in [1.165, 1.54) is 0 Å². The van der Waals surface area contributed by atoms with E-state index in [2.05, 4.69) is 5.16 Å². The minimum atomic E-state index is -0.299. The Balaban J connectivity index is 2.29.